The average molecular weight is 481 g/mol. The van der Waals surface area contributed by atoms with E-state index >= 15 is 0 Å². The smallest absolute Gasteiger partial charge is 0.244 e. The number of carbonyl (C=O) groups is 1. The molecular formula is C25H24N2O4S2. The first kappa shape index (κ1) is 22.9. The molecule has 1 heterocycles. The summed E-state index contributed by atoms with van der Waals surface area (Å²) >= 11 is 1.39. The summed E-state index contributed by atoms with van der Waals surface area (Å²) in [6.45, 7) is 2.29. The fourth-order valence-electron chi connectivity index (χ4n) is 3.53. The Morgan fingerprint density at radius 1 is 1.00 bits per heavy atom. The molecule has 1 amide bonds. The number of sulfone groups is 1. The Kier molecular flexibility index (Phi) is 6.76. The van der Waals surface area contributed by atoms with Gasteiger partial charge in [0, 0.05) is 0 Å². The zero-order valence-electron chi connectivity index (χ0n) is 18.4. The van der Waals surface area contributed by atoms with Gasteiger partial charge in [-0.1, -0.05) is 60.7 Å². The third-order valence-corrected chi connectivity index (χ3v) is 7.98. The van der Waals surface area contributed by atoms with E-state index in [9.17, 15) is 13.2 Å². The molecule has 4 rings (SSSR count). The number of hydrogen-bond acceptors (Lipinski definition) is 6. The molecule has 0 radical (unpaired) electrons. The quantitative estimate of drug-likeness (QED) is 0.359. The summed E-state index contributed by atoms with van der Waals surface area (Å²) in [6, 6.07) is 21.5. The SMILES string of the molecule is CCc1cccc2sc(N(Cc3ccccc3)C(=O)CS(=O)(=O)c3ccc(OC)cc3)nc12. The molecule has 0 unspecified atom stereocenters. The summed E-state index contributed by atoms with van der Waals surface area (Å²) < 4.78 is 32.1. The van der Waals surface area contributed by atoms with Crippen molar-refractivity contribution in [1.29, 1.82) is 0 Å². The van der Waals surface area contributed by atoms with Gasteiger partial charge >= 0.3 is 0 Å². The van der Waals surface area contributed by atoms with Crippen molar-refractivity contribution in [3.8, 4) is 5.75 Å². The second kappa shape index (κ2) is 9.72. The number of thiazole rings is 1. The number of rotatable bonds is 8. The maximum absolute atomic E-state index is 13.4. The average Bonchev–Trinajstić information content (AvgIpc) is 3.27. The van der Waals surface area contributed by atoms with E-state index in [1.165, 1.54) is 35.5 Å². The highest BCUT2D eigenvalue weighted by Gasteiger charge is 2.27. The highest BCUT2D eigenvalue weighted by atomic mass is 32.2. The topological polar surface area (TPSA) is 76.6 Å². The van der Waals surface area contributed by atoms with Crippen LogP contribution in [0.1, 0.15) is 18.1 Å². The van der Waals surface area contributed by atoms with E-state index in [2.05, 4.69) is 6.92 Å². The summed E-state index contributed by atoms with van der Waals surface area (Å²) in [7, 11) is -2.33. The van der Waals surface area contributed by atoms with Gasteiger partial charge in [-0.05, 0) is 47.9 Å². The normalized spacial score (nSPS) is 11.5. The molecule has 0 aliphatic rings. The molecule has 33 heavy (non-hydrogen) atoms. The molecule has 0 saturated carbocycles. The van der Waals surface area contributed by atoms with Crippen LogP contribution in [0.5, 0.6) is 5.75 Å². The number of amides is 1. The number of aryl methyl sites for hydroxylation is 1. The van der Waals surface area contributed by atoms with E-state index in [0.717, 1.165) is 27.8 Å². The molecule has 8 heteroatoms. The lowest BCUT2D eigenvalue weighted by Crippen LogP contribution is -2.35. The lowest BCUT2D eigenvalue weighted by molar-refractivity contribution is -0.116. The van der Waals surface area contributed by atoms with Gasteiger partial charge < -0.3 is 4.74 Å². The maximum atomic E-state index is 13.4. The zero-order chi connectivity index (χ0) is 23.4. The number of fused-ring (bicyclic) bond motifs is 1. The second-order valence-corrected chi connectivity index (χ2v) is 10.5. The molecule has 0 spiro atoms. The van der Waals surface area contributed by atoms with Crippen molar-refractivity contribution >= 4 is 42.4 Å². The predicted octanol–water partition coefficient (Wildman–Crippen LogP) is 4.87. The highest BCUT2D eigenvalue weighted by molar-refractivity contribution is 7.92. The number of carbonyl (C=O) groups excluding carboxylic acids is 1. The lowest BCUT2D eigenvalue weighted by atomic mass is 10.1. The van der Waals surface area contributed by atoms with Crippen LogP contribution in [0.15, 0.2) is 77.7 Å². The number of nitrogens with zero attached hydrogens (tertiary/aromatic N) is 2. The molecule has 0 N–H and O–H groups in total. The summed E-state index contributed by atoms with van der Waals surface area (Å²) in [4.78, 5) is 19.7. The third-order valence-electron chi connectivity index (χ3n) is 5.32. The molecule has 3 aromatic carbocycles. The summed E-state index contributed by atoms with van der Waals surface area (Å²) in [5.74, 6) is -0.623. The van der Waals surface area contributed by atoms with Crippen LogP contribution in [0.25, 0.3) is 10.2 Å². The molecule has 1 aromatic heterocycles. The van der Waals surface area contributed by atoms with Gasteiger partial charge in [0.2, 0.25) is 5.91 Å². The van der Waals surface area contributed by atoms with E-state index in [-0.39, 0.29) is 11.4 Å². The minimum Gasteiger partial charge on any atom is -0.497 e. The molecule has 0 aliphatic carbocycles. The van der Waals surface area contributed by atoms with Crippen molar-refractivity contribution in [2.45, 2.75) is 24.8 Å². The minimum atomic E-state index is -3.84. The second-order valence-electron chi connectivity index (χ2n) is 7.51. The van der Waals surface area contributed by atoms with E-state index in [1.54, 1.807) is 12.1 Å². The number of benzene rings is 3. The molecular weight excluding hydrogens is 456 g/mol. The Balaban J connectivity index is 1.69. The zero-order valence-corrected chi connectivity index (χ0v) is 20.0. The summed E-state index contributed by atoms with van der Waals surface area (Å²) in [5, 5.41) is 0.490. The molecule has 6 nitrogen and oxygen atoms in total. The molecule has 4 aromatic rings. The molecule has 0 bridgehead atoms. The van der Waals surface area contributed by atoms with Crippen molar-refractivity contribution < 1.29 is 17.9 Å². The Hall–Kier alpha value is -3.23. The molecule has 0 atom stereocenters. The van der Waals surface area contributed by atoms with Crippen LogP contribution in [0.3, 0.4) is 0 Å². The van der Waals surface area contributed by atoms with Gasteiger partial charge in [0.1, 0.15) is 11.5 Å². The van der Waals surface area contributed by atoms with Crippen LogP contribution >= 0.6 is 11.3 Å². The molecule has 0 fully saturated rings. The minimum absolute atomic E-state index is 0.0777. The van der Waals surface area contributed by atoms with Gasteiger partial charge in [0.05, 0.1) is 28.8 Å². The van der Waals surface area contributed by atoms with Crippen molar-refractivity contribution in [3.05, 3.63) is 83.9 Å². The lowest BCUT2D eigenvalue weighted by Gasteiger charge is -2.20. The Bertz CT molecular complexity index is 1360. The Labute approximate surface area is 197 Å². The van der Waals surface area contributed by atoms with Crippen LogP contribution in [0, 0.1) is 0 Å². The number of methoxy groups -OCH3 is 1. The first-order chi connectivity index (χ1) is 15.9. The Morgan fingerprint density at radius 3 is 2.39 bits per heavy atom. The maximum Gasteiger partial charge on any atom is 0.244 e. The fourth-order valence-corrected chi connectivity index (χ4v) is 5.76. The molecule has 0 aliphatic heterocycles. The van der Waals surface area contributed by atoms with Gasteiger partial charge in [-0.25, -0.2) is 13.4 Å². The van der Waals surface area contributed by atoms with Gasteiger partial charge in [0.25, 0.3) is 0 Å². The van der Waals surface area contributed by atoms with E-state index in [4.69, 9.17) is 9.72 Å². The number of aromatic nitrogens is 1. The first-order valence-corrected chi connectivity index (χ1v) is 13.0. The summed E-state index contributed by atoms with van der Waals surface area (Å²) in [6.07, 6.45) is 0.818. The number of hydrogen-bond donors (Lipinski definition) is 0. The first-order valence-electron chi connectivity index (χ1n) is 10.5. The molecule has 0 saturated heterocycles. The number of ether oxygens (including phenoxy) is 1. The monoisotopic (exact) mass is 480 g/mol. The van der Waals surface area contributed by atoms with Gasteiger partial charge in [-0.3, -0.25) is 9.69 Å². The van der Waals surface area contributed by atoms with Crippen molar-refractivity contribution in [2.24, 2.45) is 0 Å². The van der Waals surface area contributed by atoms with Gasteiger partial charge in [-0.2, -0.15) is 0 Å². The van der Waals surface area contributed by atoms with Crippen molar-refractivity contribution in [1.82, 2.24) is 4.98 Å². The Morgan fingerprint density at radius 2 is 1.73 bits per heavy atom. The van der Waals surface area contributed by atoms with Crippen LogP contribution in [-0.2, 0) is 27.6 Å². The van der Waals surface area contributed by atoms with Crippen LogP contribution in [0.2, 0.25) is 0 Å². The largest absolute Gasteiger partial charge is 0.497 e. The van der Waals surface area contributed by atoms with Crippen molar-refractivity contribution in [2.75, 3.05) is 17.8 Å². The van der Waals surface area contributed by atoms with Crippen molar-refractivity contribution in [3.63, 3.8) is 0 Å². The number of anilines is 1. The van der Waals surface area contributed by atoms with E-state index in [1.807, 2.05) is 48.5 Å². The van der Waals surface area contributed by atoms with Crippen LogP contribution in [-0.4, -0.2) is 32.2 Å². The number of para-hydroxylation sites is 1. The van der Waals surface area contributed by atoms with Crippen LogP contribution in [0.4, 0.5) is 5.13 Å². The van der Waals surface area contributed by atoms with Gasteiger partial charge in [-0.15, -0.1) is 0 Å². The third kappa shape index (κ3) is 5.07. The molecule has 170 valence electrons. The van der Waals surface area contributed by atoms with Gasteiger partial charge in [0.15, 0.2) is 15.0 Å². The highest BCUT2D eigenvalue weighted by Crippen LogP contribution is 2.32. The van der Waals surface area contributed by atoms with E-state index in [0.29, 0.717) is 10.9 Å². The van der Waals surface area contributed by atoms with E-state index < -0.39 is 21.5 Å². The fraction of sp³-hybridized carbons (Fsp3) is 0.200. The van der Waals surface area contributed by atoms with Crippen LogP contribution < -0.4 is 9.64 Å². The predicted molar refractivity (Wildman–Crippen MR) is 132 cm³/mol. The summed E-state index contributed by atoms with van der Waals surface area (Å²) in [5.41, 5.74) is 2.83. The standard InChI is InChI=1S/C25H24N2O4S2/c1-3-19-10-7-11-22-24(19)26-25(32-22)27(16-18-8-5-4-6-9-18)23(28)17-33(29,30)21-14-12-20(31-2)13-15-21/h4-15H,3,16-17H2,1-2H3.